The minimum Gasteiger partial charge on any atom is -0.481 e. The maximum absolute atomic E-state index is 10.4. The van der Waals surface area contributed by atoms with E-state index in [4.69, 9.17) is 68.2 Å². The molecular weight excluding hydrogens is 768 g/mol. The SMILES string of the molecule is CCCCc1nc2c(N)nc3cc(N4CCN(CCOCCOCCOCCOCCOCCOCCOCCOCCOCCOCCC(=O)O)CC4)ccc3c2[nH]1. The standard InChI is InChI=1S/C41H68N6O12/c1-2-3-4-37-44-39-35-6-5-34(33-36(35)43-41(42)40(39)45-37)47-10-8-46(9-11-47)12-14-51-16-18-53-20-22-55-24-26-57-28-30-59-32-31-58-29-27-56-25-23-54-21-19-52-17-15-50-13-7-38(48)49/h5-6,33H,2-4,7-32H2,1H3,(H2,42,43)(H,44,45)(H,48,49). The quantitative estimate of drug-likeness (QED) is 0.0715. The number of H-pyrrole nitrogens is 1. The number of ether oxygens (including phenoxy) is 10. The Balaban J connectivity index is 0.848. The maximum Gasteiger partial charge on any atom is 0.305 e. The Hall–Kier alpha value is -3.27. The van der Waals surface area contributed by atoms with Crippen LogP contribution in [0.5, 0.6) is 0 Å². The molecule has 0 aliphatic carbocycles. The maximum atomic E-state index is 10.4. The Labute approximate surface area is 348 Å². The van der Waals surface area contributed by atoms with Gasteiger partial charge in [0.15, 0.2) is 5.82 Å². The number of carboxylic acids is 1. The average Bonchev–Trinajstić information content (AvgIpc) is 3.68. The highest BCUT2D eigenvalue weighted by Crippen LogP contribution is 2.30. The van der Waals surface area contributed by atoms with Crippen LogP contribution in [0.15, 0.2) is 18.2 Å². The van der Waals surface area contributed by atoms with Gasteiger partial charge in [-0.3, -0.25) is 9.69 Å². The Morgan fingerprint density at radius 2 is 1.12 bits per heavy atom. The van der Waals surface area contributed by atoms with E-state index in [9.17, 15) is 4.79 Å². The molecule has 1 aliphatic heterocycles. The predicted octanol–water partition coefficient (Wildman–Crippen LogP) is 2.80. The molecule has 4 N–H and O–H groups in total. The summed E-state index contributed by atoms with van der Waals surface area (Å²) in [5, 5.41) is 9.57. The van der Waals surface area contributed by atoms with Gasteiger partial charge in [-0.25, -0.2) is 9.97 Å². The first-order valence-electron chi connectivity index (χ1n) is 21.1. The van der Waals surface area contributed by atoms with Gasteiger partial charge in [0.1, 0.15) is 11.3 Å². The number of imidazole rings is 1. The molecule has 334 valence electrons. The number of anilines is 2. The van der Waals surface area contributed by atoms with Gasteiger partial charge in [0, 0.05) is 50.2 Å². The number of carbonyl (C=O) groups is 1. The Kier molecular flexibility index (Phi) is 25.2. The molecule has 0 saturated carbocycles. The number of piperazine rings is 1. The third-order valence-electron chi connectivity index (χ3n) is 9.35. The third kappa shape index (κ3) is 20.2. The zero-order valence-electron chi connectivity index (χ0n) is 35.0. The number of unbranched alkanes of at least 4 members (excludes halogenated alkanes) is 1. The fourth-order valence-corrected chi connectivity index (χ4v) is 6.13. The summed E-state index contributed by atoms with van der Waals surface area (Å²) in [5.41, 5.74) is 10.1. The molecule has 18 heteroatoms. The molecule has 0 amide bonds. The minimum absolute atomic E-state index is 0.00371. The topological polar surface area (TPSA) is 204 Å². The van der Waals surface area contributed by atoms with Gasteiger partial charge in [-0.05, 0) is 24.6 Å². The molecule has 4 rings (SSSR count). The normalized spacial score (nSPS) is 13.7. The van der Waals surface area contributed by atoms with Crippen molar-refractivity contribution in [1.82, 2.24) is 19.9 Å². The average molecular weight is 837 g/mol. The minimum atomic E-state index is -0.874. The Morgan fingerprint density at radius 1 is 0.661 bits per heavy atom. The number of carboxylic acid groups (broad SMARTS) is 1. The molecule has 18 nitrogen and oxygen atoms in total. The van der Waals surface area contributed by atoms with Crippen molar-refractivity contribution in [2.45, 2.75) is 32.6 Å². The van der Waals surface area contributed by atoms with Crippen molar-refractivity contribution in [1.29, 1.82) is 0 Å². The van der Waals surface area contributed by atoms with Crippen molar-refractivity contribution in [3.8, 4) is 0 Å². The molecule has 0 unspecified atom stereocenters. The number of pyridine rings is 1. The van der Waals surface area contributed by atoms with Gasteiger partial charge in [0.05, 0.1) is 150 Å². The molecule has 3 aromatic rings. The number of nitrogens with one attached hydrogen (secondary N) is 1. The van der Waals surface area contributed by atoms with E-state index >= 15 is 0 Å². The Bertz CT molecular complexity index is 1540. The van der Waals surface area contributed by atoms with Gasteiger partial charge in [0.2, 0.25) is 0 Å². The van der Waals surface area contributed by atoms with Crippen LogP contribution in [0, 0.1) is 0 Å². The van der Waals surface area contributed by atoms with Gasteiger partial charge in [-0.1, -0.05) is 13.3 Å². The first kappa shape index (κ1) is 48.4. The Morgan fingerprint density at radius 3 is 1.58 bits per heavy atom. The van der Waals surface area contributed by atoms with Crippen molar-refractivity contribution >= 4 is 39.4 Å². The van der Waals surface area contributed by atoms with Crippen molar-refractivity contribution in [2.75, 3.05) is 175 Å². The number of benzene rings is 1. The van der Waals surface area contributed by atoms with Crippen LogP contribution in [0.25, 0.3) is 21.9 Å². The molecule has 0 bridgehead atoms. The van der Waals surface area contributed by atoms with E-state index in [1.807, 2.05) is 0 Å². The number of nitrogen functional groups attached to an aromatic ring is 1. The van der Waals surface area contributed by atoms with Gasteiger partial charge in [-0.2, -0.15) is 0 Å². The molecular formula is C41H68N6O12. The van der Waals surface area contributed by atoms with E-state index < -0.39 is 5.97 Å². The van der Waals surface area contributed by atoms with Crippen molar-refractivity contribution in [3.05, 3.63) is 24.0 Å². The smallest absolute Gasteiger partial charge is 0.305 e. The molecule has 1 saturated heterocycles. The van der Waals surface area contributed by atoms with E-state index in [2.05, 4.69) is 39.9 Å². The van der Waals surface area contributed by atoms with Crippen molar-refractivity contribution in [2.24, 2.45) is 0 Å². The fourth-order valence-electron chi connectivity index (χ4n) is 6.13. The lowest BCUT2D eigenvalue weighted by atomic mass is 10.1. The summed E-state index contributed by atoms with van der Waals surface area (Å²) in [6, 6.07) is 6.47. The van der Waals surface area contributed by atoms with Crippen LogP contribution in [0.3, 0.4) is 0 Å². The second-order valence-electron chi connectivity index (χ2n) is 13.8. The second kappa shape index (κ2) is 30.7. The highest BCUT2D eigenvalue weighted by atomic mass is 16.6. The van der Waals surface area contributed by atoms with Crippen LogP contribution in [-0.4, -0.2) is 196 Å². The monoisotopic (exact) mass is 836 g/mol. The second-order valence-corrected chi connectivity index (χ2v) is 13.8. The van der Waals surface area contributed by atoms with Gasteiger partial charge >= 0.3 is 5.97 Å². The number of nitrogens with two attached hydrogens (primary N) is 1. The van der Waals surface area contributed by atoms with E-state index in [0.29, 0.717) is 131 Å². The van der Waals surface area contributed by atoms with E-state index in [1.54, 1.807) is 0 Å². The number of fused-ring (bicyclic) bond motifs is 3. The number of rotatable bonds is 37. The molecule has 3 heterocycles. The summed E-state index contributed by atoms with van der Waals surface area (Å²) in [6.45, 7) is 16.5. The lowest BCUT2D eigenvalue weighted by Gasteiger charge is -2.36. The summed E-state index contributed by atoms with van der Waals surface area (Å²) < 4.78 is 54.9. The van der Waals surface area contributed by atoms with Crippen LogP contribution in [0.1, 0.15) is 32.0 Å². The van der Waals surface area contributed by atoms with E-state index in [1.165, 1.54) is 5.69 Å². The molecule has 59 heavy (non-hydrogen) atoms. The van der Waals surface area contributed by atoms with E-state index in [0.717, 1.165) is 79.7 Å². The third-order valence-corrected chi connectivity index (χ3v) is 9.35. The van der Waals surface area contributed by atoms with Crippen molar-refractivity contribution < 1.29 is 57.3 Å². The lowest BCUT2D eigenvalue weighted by Crippen LogP contribution is -2.47. The number of aromatic amines is 1. The molecule has 1 fully saturated rings. The summed E-state index contributed by atoms with van der Waals surface area (Å²) in [5.74, 6) is 0.574. The van der Waals surface area contributed by atoms with Gasteiger partial charge in [-0.15, -0.1) is 0 Å². The molecule has 2 aromatic heterocycles. The molecule has 0 radical (unpaired) electrons. The first-order valence-corrected chi connectivity index (χ1v) is 21.1. The van der Waals surface area contributed by atoms with Crippen LogP contribution in [0.4, 0.5) is 11.5 Å². The van der Waals surface area contributed by atoms with Crippen LogP contribution in [-0.2, 0) is 58.6 Å². The van der Waals surface area contributed by atoms with E-state index in [-0.39, 0.29) is 13.0 Å². The number of aryl methyl sites for hydroxylation is 1. The van der Waals surface area contributed by atoms with Crippen molar-refractivity contribution in [3.63, 3.8) is 0 Å². The number of hydrogen-bond donors (Lipinski definition) is 3. The van der Waals surface area contributed by atoms with Gasteiger partial charge in [0.25, 0.3) is 0 Å². The number of hydrogen-bond acceptors (Lipinski definition) is 16. The van der Waals surface area contributed by atoms with Crippen LogP contribution in [0.2, 0.25) is 0 Å². The summed E-state index contributed by atoms with van der Waals surface area (Å²) in [7, 11) is 0. The summed E-state index contributed by atoms with van der Waals surface area (Å²) >= 11 is 0. The number of nitrogens with zero attached hydrogens (tertiary/aromatic N) is 4. The summed E-state index contributed by atoms with van der Waals surface area (Å²) in [4.78, 5) is 28.1. The molecule has 0 spiro atoms. The van der Waals surface area contributed by atoms with Gasteiger partial charge < -0.3 is 68.1 Å². The zero-order valence-corrected chi connectivity index (χ0v) is 35.0. The zero-order chi connectivity index (χ0) is 41.6. The molecule has 1 aliphatic rings. The fraction of sp³-hybridized carbons (Fsp3) is 0.732. The van der Waals surface area contributed by atoms with Crippen LogP contribution >= 0.6 is 0 Å². The predicted molar refractivity (Wildman–Crippen MR) is 224 cm³/mol. The summed E-state index contributed by atoms with van der Waals surface area (Å²) in [6.07, 6.45) is 3.12. The number of aliphatic carboxylic acids is 1. The highest BCUT2D eigenvalue weighted by molar-refractivity contribution is 6.06. The molecule has 1 aromatic carbocycles. The largest absolute Gasteiger partial charge is 0.481 e. The number of aromatic nitrogens is 3. The highest BCUT2D eigenvalue weighted by Gasteiger charge is 2.19. The molecule has 0 atom stereocenters. The lowest BCUT2D eigenvalue weighted by molar-refractivity contribution is -0.138. The van der Waals surface area contributed by atoms with Crippen LogP contribution < -0.4 is 10.6 Å². The first-order chi connectivity index (χ1) is 29.0.